The van der Waals surface area contributed by atoms with E-state index in [-0.39, 0.29) is 11.3 Å². The van der Waals surface area contributed by atoms with Crippen LogP contribution >= 0.6 is 0 Å². The van der Waals surface area contributed by atoms with Gasteiger partial charge in [-0.15, -0.1) is 0 Å². The number of halogens is 3. The van der Waals surface area contributed by atoms with Crippen LogP contribution in [0.1, 0.15) is 15.9 Å². The highest BCUT2D eigenvalue weighted by Crippen LogP contribution is 2.34. The Hall–Kier alpha value is -2.18. The first-order chi connectivity index (χ1) is 8.30. The highest BCUT2D eigenvalue weighted by Gasteiger charge is 2.34. The molecule has 1 amide bonds. The number of fused-ring (bicyclic) bond motifs is 1. The minimum absolute atomic E-state index is 0.102. The smallest absolute Gasteiger partial charge is 0.369 e. The number of Topliss-reactive ketones (excluding diaryl/α,β-unsaturated/α-hetero) is 1. The second-order valence-corrected chi connectivity index (χ2v) is 3.75. The molecule has 4 nitrogen and oxygen atoms in total. The first-order valence-electron chi connectivity index (χ1n) is 4.89. The van der Waals surface area contributed by atoms with Crippen molar-refractivity contribution in [3.8, 4) is 0 Å². The van der Waals surface area contributed by atoms with Gasteiger partial charge in [0.25, 0.3) is 0 Å². The van der Waals surface area contributed by atoms with Gasteiger partial charge < -0.3 is 5.73 Å². The number of amides is 1. The SMILES string of the molecule is NC(=O)C1C=Nc2ccc(C(F)(F)F)cc2C1=O. The van der Waals surface area contributed by atoms with Gasteiger partial charge in [-0.05, 0) is 18.2 Å². The molecule has 1 unspecified atom stereocenters. The molecule has 0 radical (unpaired) electrons. The molecule has 1 aliphatic heterocycles. The fraction of sp³-hybridized carbons (Fsp3) is 0.182. The fourth-order valence-corrected chi connectivity index (χ4v) is 1.62. The predicted octanol–water partition coefficient (Wildman–Crippen LogP) is 1.71. The monoisotopic (exact) mass is 256 g/mol. The number of carbonyl (C=O) groups excluding carboxylic acids is 2. The third-order valence-corrected chi connectivity index (χ3v) is 2.54. The molecule has 0 fully saturated rings. The maximum atomic E-state index is 12.5. The van der Waals surface area contributed by atoms with Crippen LogP contribution in [0.3, 0.4) is 0 Å². The van der Waals surface area contributed by atoms with Crippen molar-refractivity contribution in [2.75, 3.05) is 0 Å². The van der Waals surface area contributed by atoms with Gasteiger partial charge in [-0.2, -0.15) is 13.2 Å². The Morgan fingerprint density at radius 1 is 1.33 bits per heavy atom. The maximum Gasteiger partial charge on any atom is 0.416 e. The molecule has 1 aromatic rings. The van der Waals surface area contributed by atoms with Gasteiger partial charge in [-0.3, -0.25) is 14.6 Å². The van der Waals surface area contributed by atoms with Crippen LogP contribution in [0.15, 0.2) is 23.2 Å². The lowest BCUT2D eigenvalue weighted by atomic mass is 9.93. The van der Waals surface area contributed by atoms with E-state index in [9.17, 15) is 22.8 Å². The van der Waals surface area contributed by atoms with Gasteiger partial charge in [0.15, 0.2) is 5.78 Å². The second-order valence-electron chi connectivity index (χ2n) is 3.75. The molecule has 0 saturated heterocycles. The van der Waals surface area contributed by atoms with Crippen LogP contribution in [0.2, 0.25) is 0 Å². The molecule has 0 aliphatic carbocycles. The van der Waals surface area contributed by atoms with Crippen LogP contribution in [0, 0.1) is 5.92 Å². The molecule has 1 aromatic carbocycles. The minimum Gasteiger partial charge on any atom is -0.369 e. The van der Waals surface area contributed by atoms with Crippen LogP contribution in [0.4, 0.5) is 18.9 Å². The summed E-state index contributed by atoms with van der Waals surface area (Å²) >= 11 is 0. The van der Waals surface area contributed by atoms with E-state index in [1.54, 1.807) is 0 Å². The number of hydrogen-bond donors (Lipinski definition) is 1. The van der Waals surface area contributed by atoms with Crippen LogP contribution in [-0.2, 0) is 11.0 Å². The first-order valence-corrected chi connectivity index (χ1v) is 4.89. The van der Waals surface area contributed by atoms with Crippen molar-refractivity contribution in [2.24, 2.45) is 16.6 Å². The minimum atomic E-state index is -4.56. The van der Waals surface area contributed by atoms with Crippen molar-refractivity contribution < 1.29 is 22.8 Å². The number of ketones is 1. The van der Waals surface area contributed by atoms with Crippen LogP contribution in [0.5, 0.6) is 0 Å². The molecule has 2 N–H and O–H groups in total. The summed E-state index contributed by atoms with van der Waals surface area (Å²) in [5.41, 5.74) is 3.86. The molecule has 18 heavy (non-hydrogen) atoms. The summed E-state index contributed by atoms with van der Waals surface area (Å²) in [5, 5.41) is 0. The lowest BCUT2D eigenvalue weighted by Gasteiger charge is -2.16. The van der Waals surface area contributed by atoms with Crippen molar-refractivity contribution in [3.63, 3.8) is 0 Å². The fourth-order valence-electron chi connectivity index (χ4n) is 1.62. The Balaban J connectivity index is 2.52. The average Bonchev–Trinajstić information content (AvgIpc) is 2.27. The maximum absolute atomic E-state index is 12.5. The topological polar surface area (TPSA) is 72.5 Å². The van der Waals surface area contributed by atoms with Gasteiger partial charge in [-0.25, -0.2) is 0 Å². The number of carbonyl (C=O) groups is 2. The van der Waals surface area contributed by atoms with Gasteiger partial charge in [0, 0.05) is 11.8 Å². The molecule has 2 rings (SSSR count). The Morgan fingerprint density at radius 3 is 2.56 bits per heavy atom. The van der Waals surface area contributed by atoms with E-state index in [0.717, 1.165) is 18.3 Å². The Morgan fingerprint density at radius 2 is 2.00 bits per heavy atom. The number of aliphatic imine (C=N–C) groups is 1. The highest BCUT2D eigenvalue weighted by atomic mass is 19.4. The zero-order valence-electron chi connectivity index (χ0n) is 8.86. The standard InChI is InChI=1S/C11H7F3N2O2/c12-11(13,14)5-1-2-8-6(3-5)9(17)7(4-16-8)10(15)18/h1-4,7H,(H2,15,18). The molecule has 1 heterocycles. The number of alkyl halides is 3. The zero-order valence-corrected chi connectivity index (χ0v) is 8.86. The van der Waals surface area contributed by atoms with E-state index < -0.39 is 29.3 Å². The molecule has 1 atom stereocenters. The van der Waals surface area contributed by atoms with E-state index in [4.69, 9.17) is 5.73 Å². The zero-order chi connectivity index (χ0) is 13.5. The number of benzene rings is 1. The van der Waals surface area contributed by atoms with Crippen molar-refractivity contribution in [2.45, 2.75) is 6.18 Å². The molecule has 0 aromatic heterocycles. The van der Waals surface area contributed by atoms with E-state index in [2.05, 4.69) is 4.99 Å². The molecule has 7 heteroatoms. The summed E-state index contributed by atoms with van der Waals surface area (Å²) in [6, 6.07) is 2.60. The Kier molecular flexibility index (Phi) is 2.68. The number of nitrogens with zero attached hydrogens (tertiary/aromatic N) is 1. The van der Waals surface area contributed by atoms with Crippen molar-refractivity contribution in [3.05, 3.63) is 29.3 Å². The van der Waals surface area contributed by atoms with Gasteiger partial charge in [0.1, 0.15) is 5.92 Å². The summed E-state index contributed by atoms with van der Waals surface area (Å²) in [4.78, 5) is 26.5. The van der Waals surface area contributed by atoms with E-state index in [0.29, 0.717) is 6.07 Å². The second kappa shape index (κ2) is 3.94. The predicted molar refractivity (Wildman–Crippen MR) is 56.6 cm³/mol. The van der Waals surface area contributed by atoms with Crippen LogP contribution in [0.25, 0.3) is 0 Å². The summed E-state index contributed by atoms with van der Waals surface area (Å²) in [7, 11) is 0. The first kappa shape index (κ1) is 12.3. The van der Waals surface area contributed by atoms with Gasteiger partial charge in [-0.1, -0.05) is 0 Å². The molecular formula is C11H7F3N2O2. The largest absolute Gasteiger partial charge is 0.416 e. The molecule has 94 valence electrons. The molecule has 1 aliphatic rings. The Bertz CT molecular complexity index is 564. The quantitative estimate of drug-likeness (QED) is 0.777. The number of hydrogen-bond acceptors (Lipinski definition) is 3. The number of primary amides is 1. The van der Waals surface area contributed by atoms with Gasteiger partial charge in [0.05, 0.1) is 11.3 Å². The molecule has 0 spiro atoms. The highest BCUT2D eigenvalue weighted by molar-refractivity contribution is 6.23. The lowest BCUT2D eigenvalue weighted by molar-refractivity contribution is -0.137. The third kappa shape index (κ3) is 1.99. The third-order valence-electron chi connectivity index (χ3n) is 2.54. The molecule has 0 saturated carbocycles. The van der Waals surface area contributed by atoms with Crippen molar-refractivity contribution >= 4 is 23.6 Å². The summed E-state index contributed by atoms with van der Waals surface area (Å²) in [6.45, 7) is 0. The Labute approximate surface area is 99.3 Å². The summed E-state index contributed by atoms with van der Waals surface area (Å²) in [5.74, 6) is -3.01. The van der Waals surface area contributed by atoms with E-state index in [1.165, 1.54) is 0 Å². The van der Waals surface area contributed by atoms with Crippen molar-refractivity contribution in [1.29, 1.82) is 0 Å². The van der Waals surface area contributed by atoms with E-state index in [1.807, 2.05) is 0 Å². The summed E-state index contributed by atoms with van der Waals surface area (Å²) < 4.78 is 37.5. The van der Waals surface area contributed by atoms with Crippen LogP contribution in [-0.4, -0.2) is 17.9 Å². The lowest BCUT2D eigenvalue weighted by Crippen LogP contribution is -2.33. The number of nitrogens with two attached hydrogens (primary N) is 1. The summed E-state index contributed by atoms with van der Waals surface area (Å²) in [6.07, 6.45) is -3.51. The van der Waals surface area contributed by atoms with E-state index >= 15 is 0 Å². The van der Waals surface area contributed by atoms with Crippen LogP contribution < -0.4 is 5.73 Å². The van der Waals surface area contributed by atoms with Gasteiger partial charge >= 0.3 is 6.18 Å². The molecular weight excluding hydrogens is 249 g/mol. The average molecular weight is 256 g/mol. The normalized spacial score (nSPS) is 18.6. The number of rotatable bonds is 1. The van der Waals surface area contributed by atoms with Crippen molar-refractivity contribution in [1.82, 2.24) is 0 Å². The molecule has 0 bridgehead atoms. The van der Waals surface area contributed by atoms with Gasteiger partial charge in [0.2, 0.25) is 5.91 Å².